The first-order valence-electron chi connectivity index (χ1n) is 13.9. The third kappa shape index (κ3) is 6.58. The predicted octanol–water partition coefficient (Wildman–Crippen LogP) is 7.27. The summed E-state index contributed by atoms with van der Waals surface area (Å²) in [5.74, 6) is 3.60. The number of fused-ring (bicyclic) bond motifs is 3. The second-order valence-corrected chi connectivity index (χ2v) is 9.76. The number of rotatable bonds is 7. The van der Waals surface area contributed by atoms with Crippen LogP contribution >= 0.6 is 0 Å². The zero-order valence-corrected chi connectivity index (χ0v) is 27.9. The van der Waals surface area contributed by atoms with Gasteiger partial charge < -0.3 is 14.0 Å². The molecule has 0 N–H and O–H groups in total. The van der Waals surface area contributed by atoms with E-state index >= 15 is 0 Å². The topological polar surface area (TPSA) is 101 Å². The van der Waals surface area contributed by atoms with Crippen LogP contribution < -0.4 is 9.47 Å². The largest absolute Gasteiger partial charge is 2.00 e. The summed E-state index contributed by atoms with van der Waals surface area (Å²) >= 11 is 0. The zero-order chi connectivity index (χ0) is 30.0. The van der Waals surface area contributed by atoms with Crippen LogP contribution in [-0.2, 0) is 41.5 Å². The molecule has 0 spiro atoms. The fourth-order valence-corrected chi connectivity index (χ4v) is 4.94. The molecule has 4 aromatic carbocycles. The van der Waals surface area contributed by atoms with Gasteiger partial charge in [-0.1, -0.05) is 23.2 Å². The molecule has 0 fully saturated rings. The molecule has 0 bridgehead atoms. The molecule has 0 aliphatic carbocycles. The van der Waals surface area contributed by atoms with E-state index < -0.39 is 0 Å². The van der Waals surface area contributed by atoms with Gasteiger partial charge in [-0.2, -0.15) is 22.9 Å². The van der Waals surface area contributed by atoms with Crippen molar-refractivity contribution < 1.29 is 51.0 Å². The van der Waals surface area contributed by atoms with Crippen molar-refractivity contribution in [3.05, 3.63) is 140 Å². The van der Waals surface area contributed by atoms with Crippen LogP contribution in [0, 0.1) is 24.3 Å². The van der Waals surface area contributed by atoms with Crippen molar-refractivity contribution in [2.45, 2.75) is 0 Å². The Hall–Kier alpha value is -5.13. The Kier molecular flexibility index (Phi) is 9.55. The van der Waals surface area contributed by atoms with Gasteiger partial charge in [0.2, 0.25) is 5.95 Å². The average molecular weight is 883 g/mol. The van der Waals surface area contributed by atoms with Crippen molar-refractivity contribution in [3.63, 3.8) is 0 Å². The van der Waals surface area contributed by atoms with E-state index in [2.05, 4.69) is 54.2 Å². The predicted molar refractivity (Wildman–Crippen MR) is 167 cm³/mol. The second-order valence-electron chi connectivity index (χ2n) is 9.76. The Morgan fingerprint density at radius 1 is 0.447 bits per heavy atom. The molecule has 0 atom stereocenters. The molecule has 4 heterocycles. The van der Waals surface area contributed by atoms with Crippen molar-refractivity contribution in [1.82, 2.24) is 34.5 Å². The summed E-state index contributed by atoms with van der Waals surface area (Å²) < 4.78 is 14.3. The fraction of sp³-hybridized carbons (Fsp3) is 0. The van der Waals surface area contributed by atoms with Crippen LogP contribution in [0.3, 0.4) is 0 Å². The summed E-state index contributed by atoms with van der Waals surface area (Å²) in [5.41, 5.74) is 2.89. The molecule has 0 aliphatic heterocycles. The minimum absolute atomic E-state index is 0. The Labute approximate surface area is 297 Å². The Morgan fingerprint density at radius 2 is 0.851 bits per heavy atom. The van der Waals surface area contributed by atoms with E-state index in [1.807, 2.05) is 65.2 Å². The van der Waals surface area contributed by atoms with Gasteiger partial charge in [-0.25, -0.2) is 9.97 Å². The number of nitrogens with zero attached hydrogens (tertiary/aromatic N) is 7. The quantitative estimate of drug-likeness (QED) is 0.122. The number of hydrogen-bond acceptors (Lipinski definition) is 8. The Bertz CT molecular complexity index is 2150. The Balaban J connectivity index is 0.00000193. The number of hydrogen-bond donors (Lipinski definition) is 0. The van der Waals surface area contributed by atoms with Crippen LogP contribution in [0.1, 0.15) is 0 Å². The maximum Gasteiger partial charge on any atom is 2.00 e. The normalized spacial score (nSPS) is 10.6. The van der Waals surface area contributed by atoms with E-state index in [4.69, 9.17) is 9.47 Å². The summed E-state index contributed by atoms with van der Waals surface area (Å²) in [4.78, 5) is 26.3. The SMILES string of the molecule is [Pd+2].[Pt+2].[c-]1c(Oc2[c-]c3c(cc2)c2ccc(Oc4[c-]c(-c5ncccn5)ccc4)[c-]c2n3-c2ncccn2)cccc1-c1ncccn1. The minimum atomic E-state index is 0. The summed E-state index contributed by atoms with van der Waals surface area (Å²) in [6.45, 7) is 0. The van der Waals surface area contributed by atoms with Crippen molar-refractivity contribution in [2.24, 2.45) is 0 Å². The van der Waals surface area contributed by atoms with Crippen molar-refractivity contribution >= 4 is 21.8 Å². The van der Waals surface area contributed by atoms with E-state index in [0.29, 0.717) is 40.6 Å². The molecule has 11 heteroatoms. The van der Waals surface area contributed by atoms with Crippen molar-refractivity contribution in [1.29, 1.82) is 0 Å². The standard InChI is InChI=1S/C36H19N7O2.Pd.Pt/c1-6-24(34-37-14-3-15-38-34)20-26(8-1)44-28-10-12-30-31-13-11-29(23-33(31)43(32(30)22-28)36-41-18-5-19-42-36)45-27-9-2-7-25(21-27)35-39-16-4-17-40-35;;/h1-19H;;/q-4;2*+2. The van der Waals surface area contributed by atoms with Crippen molar-refractivity contribution in [2.75, 3.05) is 0 Å². The minimum Gasteiger partial charge on any atom is -0.503 e. The molecule has 0 amide bonds. The van der Waals surface area contributed by atoms with E-state index in [9.17, 15) is 0 Å². The van der Waals surface area contributed by atoms with Crippen LogP contribution in [0.15, 0.2) is 116 Å². The number of aromatic nitrogens is 7. The van der Waals surface area contributed by atoms with Crippen molar-refractivity contribution in [3.8, 4) is 51.7 Å². The first kappa shape index (κ1) is 31.8. The Morgan fingerprint density at radius 3 is 1.30 bits per heavy atom. The molecule has 0 saturated carbocycles. The third-order valence-electron chi connectivity index (χ3n) is 6.88. The maximum absolute atomic E-state index is 6.22. The summed E-state index contributed by atoms with van der Waals surface area (Å²) in [7, 11) is 0. The molecule has 230 valence electrons. The molecular weight excluding hydrogens is 864 g/mol. The first-order chi connectivity index (χ1) is 22.3. The summed E-state index contributed by atoms with van der Waals surface area (Å²) in [5, 5.41) is 1.86. The fourth-order valence-electron chi connectivity index (χ4n) is 4.94. The first-order valence-corrected chi connectivity index (χ1v) is 13.9. The molecule has 9 nitrogen and oxygen atoms in total. The molecule has 0 aliphatic rings. The van der Waals surface area contributed by atoms with Crippen LogP contribution in [0.25, 0.3) is 50.5 Å². The van der Waals surface area contributed by atoms with Crippen LogP contribution in [-0.4, -0.2) is 34.5 Å². The van der Waals surface area contributed by atoms with Crippen LogP contribution in [0.2, 0.25) is 0 Å². The van der Waals surface area contributed by atoms with Crippen LogP contribution in [0.4, 0.5) is 0 Å². The molecule has 0 unspecified atom stereocenters. The summed E-state index contributed by atoms with van der Waals surface area (Å²) in [6.07, 6.45) is 10.2. The molecule has 4 aromatic heterocycles. The number of ether oxygens (including phenoxy) is 2. The van der Waals surface area contributed by atoms with Gasteiger partial charge in [0.15, 0.2) is 0 Å². The van der Waals surface area contributed by atoms with Gasteiger partial charge in [0, 0.05) is 60.2 Å². The van der Waals surface area contributed by atoms with Gasteiger partial charge in [-0.15, -0.1) is 71.8 Å². The van der Waals surface area contributed by atoms with Gasteiger partial charge in [0.25, 0.3) is 0 Å². The number of benzene rings is 4. The third-order valence-corrected chi connectivity index (χ3v) is 6.88. The molecule has 8 rings (SSSR count). The molecular formula is C36H19N7O2PdPt. The smallest absolute Gasteiger partial charge is 0.503 e. The van der Waals surface area contributed by atoms with Crippen LogP contribution in [0.5, 0.6) is 23.0 Å². The maximum atomic E-state index is 6.22. The van der Waals surface area contributed by atoms with E-state index in [-0.39, 0.29) is 41.5 Å². The van der Waals surface area contributed by atoms with Gasteiger partial charge in [0.1, 0.15) is 0 Å². The monoisotopic (exact) mass is 882 g/mol. The molecule has 47 heavy (non-hydrogen) atoms. The van der Waals surface area contributed by atoms with E-state index in [1.165, 1.54) is 0 Å². The second kappa shape index (κ2) is 14.1. The van der Waals surface area contributed by atoms with Gasteiger partial charge in [-0.05, 0) is 18.2 Å². The van der Waals surface area contributed by atoms with Gasteiger partial charge in [0.05, 0.1) is 11.6 Å². The average Bonchev–Trinajstić information content (AvgIpc) is 3.42. The van der Waals surface area contributed by atoms with Gasteiger partial charge >= 0.3 is 41.5 Å². The van der Waals surface area contributed by atoms with E-state index in [1.54, 1.807) is 55.4 Å². The molecule has 8 aromatic rings. The molecule has 0 saturated heterocycles. The zero-order valence-electron chi connectivity index (χ0n) is 24.0. The van der Waals surface area contributed by atoms with E-state index in [0.717, 1.165) is 32.9 Å². The van der Waals surface area contributed by atoms with Gasteiger partial charge in [-0.3, -0.25) is 19.9 Å². The summed E-state index contributed by atoms with van der Waals surface area (Å²) in [6, 6.07) is 37.5. The molecule has 0 radical (unpaired) electrons.